The van der Waals surface area contributed by atoms with Gasteiger partial charge in [0.05, 0.1) is 18.6 Å². The van der Waals surface area contributed by atoms with Crippen LogP contribution >= 0.6 is 0 Å². The van der Waals surface area contributed by atoms with Gasteiger partial charge >= 0.3 is 0 Å². The van der Waals surface area contributed by atoms with Gasteiger partial charge in [0.2, 0.25) is 11.8 Å². The Labute approximate surface area is 223 Å². The van der Waals surface area contributed by atoms with Crippen molar-refractivity contribution in [1.82, 2.24) is 15.5 Å². The summed E-state index contributed by atoms with van der Waals surface area (Å²) < 4.78 is 0. The molecule has 0 radical (unpaired) electrons. The molecule has 0 saturated carbocycles. The van der Waals surface area contributed by atoms with Crippen LogP contribution in [0.5, 0.6) is 0 Å². The topological polar surface area (TPSA) is 131 Å². The van der Waals surface area contributed by atoms with Crippen molar-refractivity contribution in [3.05, 3.63) is 71.8 Å². The Bertz CT molecular complexity index is 843. The smallest absolute Gasteiger partial charge is 0.237 e. The van der Waals surface area contributed by atoms with Gasteiger partial charge in [-0.3, -0.25) is 9.59 Å². The van der Waals surface area contributed by atoms with E-state index in [4.69, 9.17) is 11.5 Å². The van der Waals surface area contributed by atoms with E-state index in [1.807, 2.05) is 62.4 Å². The van der Waals surface area contributed by atoms with E-state index in [1.54, 1.807) is 6.92 Å². The molecule has 1 aliphatic heterocycles. The van der Waals surface area contributed by atoms with Crippen molar-refractivity contribution in [3.8, 4) is 0 Å². The van der Waals surface area contributed by atoms with E-state index in [1.165, 1.54) is 31.5 Å². The average molecular weight is 514 g/mol. The van der Waals surface area contributed by atoms with Gasteiger partial charge in [-0.15, -0.1) is 0 Å². The Morgan fingerprint density at radius 2 is 1.49 bits per heavy atom. The molecule has 2 atom stereocenters. The second-order valence-corrected chi connectivity index (χ2v) is 8.53. The van der Waals surface area contributed by atoms with Crippen LogP contribution in [0.15, 0.2) is 60.7 Å². The molecule has 0 aromatic heterocycles. The lowest BCUT2D eigenvalue weighted by Gasteiger charge is -2.12. The molecule has 0 spiro atoms. The predicted molar refractivity (Wildman–Crippen MR) is 152 cm³/mol. The van der Waals surface area contributed by atoms with Gasteiger partial charge in [0, 0.05) is 6.54 Å². The van der Waals surface area contributed by atoms with Gasteiger partial charge in [0.1, 0.15) is 6.29 Å². The van der Waals surface area contributed by atoms with Gasteiger partial charge in [0.25, 0.3) is 0 Å². The summed E-state index contributed by atoms with van der Waals surface area (Å²) in [5.74, 6) is -0.403. The standard InChI is InChI=1S/C17H20N2O.C5H10N2O2.C5H11N.C2H6/c18-16(13-15-9-5-2-6-10-15)17(20)19-12-11-14-7-3-1-4-8-14;1-4(3-8)7-5(9)2-6;1-6-4-2-3-5-6;1-2/h1-10,16H,11-13,18H2,(H,19,20);3-4H,2,6H2,1H3,(H,7,9);2-5H2,1H3;1-2H3. The summed E-state index contributed by atoms with van der Waals surface area (Å²) in [5, 5.41) is 5.23. The normalized spacial score (nSPS) is 13.7. The molecule has 2 aromatic carbocycles. The molecule has 2 unspecified atom stereocenters. The molecule has 2 amide bonds. The second kappa shape index (κ2) is 22.2. The summed E-state index contributed by atoms with van der Waals surface area (Å²) in [6.45, 7) is 8.77. The van der Waals surface area contributed by atoms with E-state index in [0.717, 1.165) is 12.0 Å². The van der Waals surface area contributed by atoms with Crippen LogP contribution in [0, 0.1) is 0 Å². The third-order valence-electron chi connectivity index (χ3n) is 5.30. The zero-order valence-electron chi connectivity index (χ0n) is 23.0. The molecule has 206 valence electrons. The van der Waals surface area contributed by atoms with E-state index in [9.17, 15) is 14.4 Å². The summed E-state index contributed by atoms with van der Waals surface area (Å²) in [4.78, 5) is 34.5. The number of amides is 2. The van der Waals surface area contributed by atoms with E-state index in [2.05, 4.69) is 34.7 Å². The number of likely N-dealkylation sites (tertiary alicyclic amines) is 1. The number of carbonyl (C=O) groups is 3. The Kier molecular flexibility index (Phi) is 20.3. The van der Waals surface area contributed by atoms with Gasteiger partial charge in [-0.2, -0.15) is 0 Å². The van der Waals surface area contributed by atoms with E-state index < -0.39 is 12.1 Å². The minimum absolute atomic E-state index is 0.0713. The molecule has 1 heterocycles. The quantitative estimate of drug-likeness (QED) is 0.381. The summed E-state index contributed by atoms with van der Waals surface area (Å²) in [5.41, 5.74) is 13.2. The fraction of sp³-hybridized carbons (Fsp3) is 0.483. The molecule has 0 aliphatic carbocycles. The number of hydrogen-bond donors (Lipinski definition) is 4. The Hall–Kier alpha value is -3.07. The lowest BCUT2D eigenvalue weighted by Crippen LogP contribution is -2.42. The van der Waals surface area contributed by atoms with E-state index in [0.29, 0.717) is 19.3 Å². The van der Waals surface area contributed by atoms with Crippen LogP contribution in [-0.2, 0) is 27.2 Å². The van der Waals surface area contributed by atoms with E-state index >= 15 is 0 Å². The maximum absolute atomic E-state index is 11.9. The van der Waals surface area contributed by atoms with Crippen LogP contribution in [-0.4, -0.2) is 68.3 Å². The van der Waals surface area contributed by atoms with Crippen LogP contribution in [0.2, 0.25) is 0 Å². The summed E-state index contributed by atoms with van der Waals surface area (Å²) >= 11 is 0. The summed E-state index contributed by atoms with van der Waals surface area (Å²) in [6, 6.07) is 19.0. The van der Waals surface area contributed by atoms with Crippen LogP contribution < -0.4 is 22.1 Å². The van der Waals surface area contributed by atoms with Crippen LogP contribution in [0.25, 0.3) is 0 Å². The van der Waals surface area contributed by atoms with Crippen molar-refractivity contribution in [3.63, 3.8) is 0 Å². The number of nitrogens with one attached hydrogen (secondary N) is 2. The zero-order valence-corrected chi connectivity index (χ0v) is 23.0. The van der Waals surface area contributed by atoms with Gasteiger partial charge in [-0.05, 0) is 63.9 Å². The zero-order chi connectivity index (χ0) is 27.9. The molecule has 6 N–H and O–H groups in total. The predicted octanol–water partition coefficient (Wildman–Crippen LogP) is 2.30. The molecular weight excluding hydrogens is 466 g/mol. The van der Waals surface area contributed by atoms with Crippen LogP contribution in [0.3, 0.4) is 0 Å². The monoisotopic (exact) mass is 513 g/mol. The SMILES string of the molecule is CC.CC(C=O)NC(=O)CN.CN1CCCC1.NC(Cc1ccccc1)C(=O)NCCc1ccccc1. The van der Waals surface area contributed by atoms with Gasteiger partial charge in [-0.1, -0.05) is 74.5 Å². The fourth-order valence-corrected chi connectivity index (χ4v) is 3.29. The number of aldehydes is 1. The largest absolute Gasteiger partial charge is 0.354 e. The molecule has 3 rings (SSSR count). The van der Waals surface area contributed by atoms with Gasteiger partial charge in [-0.25, -0.2) is 0 Å². The highest BCUT2D eigenvalue weighted by molar-refractivity contribution is 5.82. The Morgan fingerprint density at radius 3 is 1.92 bits per heavy atom. The lowest BCUT2D eigenvalue weighted by atomic mass is 10.1. The average Bonchev–Trinajstić information content (AvgIpc) is 3.42. The van der Waals surface area contributed by atoms with Crippen molar-refractivity contribution in [2.24, 2.45) is 11.5 Å². The number of benzene rings is 2. The first-order chi connectivity index (χ1) is 17.8. The van der Waals surface area contributed by atoms with Crippen molar-refractivity contribution in [1.29, 1.82) is 0 Å². The molecule has 2 aromatic rings. The van der Waals surface area contributed by atoms with Gasteiger partial charge < -0.3 is 31.8 Å². The fourth-order valence-electron chi connectivity index (χ4n) is 3.29. The van der Waals surface area contributed by atoms with Crippen LogP contribution in [0.4, 0.5) is 0 Å². The third-order valence-corrected chi connectivity index (χ3v) is 5.30. The Balaban J connectivity index is 0.000000628. The first-order valence-corrected chi connectivity index (χ1v) is 13.1. The molecule has 0 bridgehead atoms. The minimum Gasteiger partial charge on any atom is -0.354 e. The number of hydrogen-bond acceptors (Lipinski definition) is 6. The highest BCUT2D eigenvalue weighted by atomic mass is 16.2. The van der Waals surface area contributed by atoms with Gasteiger partial charge in [0.15, 0.2) is 0 Å². The minimum atomic E-state index is -0.492. The lowest BCUT2D eigenvalue weighted by molar-refractivity contribution is -0.122. The number of nitrogens with zero attached hydrogens (tertiary/aromatic N) is 1. The first kappa shape index (κ1) is 33.9. The molecule has 8 nitrogen and oxygen atoms in total. The first-order valence-electron chi connectivity index (χ1n) is 13.1. The third kappa shape index (κ3) is 17.9. The van der Waals surface area contributed by atoms with Crippen molar-refractivity contribution in [2.45, 2.75) is 58.5 Å². The van der Waals surface area contributed by atoms with Crippen LogP contribution in [0.1, 0.15) is 44.7 Å². The number of carbonyl (C=O) groups excluding carboxylic acids is 3. The molecule has 8 heteroatoms. The summed E-state index contributed by atoms with van der Waals surface area (Å²) in [7, 11) is 2.17. The Morgan fingerprint density at radius 1 is 0.973 bits per heavy atom. The summed E-state index contributed by atoms with van der Waals surface area (Å²) in [6.07, 6.45) is 4.86. The highest BCUT2D eigenvalue weighted by Crippen LogP contribution is 2.03. The molecular formula is C29H47N5O3. The number of rotatable bonds is 9. The number of nitrogens with two attached hydrogens (primary N) is 2. The van der Waals surface area contributed by atoms with E-state index in [-0.39, 0.29) is 18.4 Å². The molecule has 1 aliphatic rings. The molecule has 1 fully saturated rings. The highest BCUT2D eigenvalue weighted by Gasteiger charge is 2.13. The van der Waals surface area contributed by atoms with Crippen molar-refractivity contribution >= 4 is 18.1 Å². The van der Waals surface area contributed by atoms with Crippen molar-refractivity contribution in [2.75, 3.05) is 33.2 Å². The maximum Gasteiger partial charge on any atom is 0.237 e. The molecule has 1 saturated heterocycles. The molecule has 37 heavy (non-hydrogen) atoms. The van der Waals surface area contributed by atoms with Crippen molar-refractivity contribution < 1.29 is 14.4 Å². The second-order valence-electron chi connectivity index (χ2n) is 8.53. The maximum atomic E-state index is 11.9.